The molecule has 1 aromatic rings. The number of fused-ring (bicyclic) bond motifs is 1. The van der Waals surface area contributed by atoms with Gasteiger partial charge in [-0.3, -0.25) is 0 Å². The van der Waals surface area contributed by atoms with Gasteiger partial charge in [0.05, 0.1) is 11.5 Å². The quantitative estimate of drug-likeness (QED) is 0.845. The van der Waals surface area contributed by atoms with E-state index in [9.17, 15) is 8.42 Å². The van der Waals surface area contributed by atoms with Crippen LogP contribution in [0.1, 0.15) is 42.9 Å². The molecule has 1 fully saturated rings. The second-order valence-electron chi connectivity index (χ2n) is 5.76. The topological polar surface area (TPSA) is 46.2 Å². The summed E-state index contributed by atoms with van der Waals surface area (Å²) >= 11 is 0. The van der Waals surface area contributed by atoms with E-state index in [0.717, 1.165) is 19.3 Å². The maximum Gasteiger partial charge on any atom is 0.151 e. The fraction of sp³-hybridized carbons (Fsp3) is 0.600. The Balaban J connectivity index is 1.78. The summed E-state index contributed by atoms with van der Waals surface area (Å²) in [5.74, 6) is 0.657. The Morgan fingerprint density at radius 3 is 2.74 bits per heavy atom. The fourth-order valence-corrected chi connectivity index (χ4v) is 4.99. The number of hydrogen-bond acceptors (Lipinski definition) is 3. The minimum atomic E-state index is -2.80. The van der Waals surface area contributed by atoms with Crippen LogP contribution in [-0.2, 0) is 16.3 Å². The van der Waals surface area contributed by atoms with Gasteiger partial charge in [0.2, 0.25) is 0 Å². The second-order valence-corrected chi connectivity index (χ2v) is 7.99. The maximum absolute atomic E-state index is 11.6. The SMILES string of the molecule is O=S1(=O)CCC(NC2CCCCc3ccccc32)C1. The summed E-state index contributed by atoms with van der Waals surface area (Å²) in [6.45, 7) is 0. The van der Waals surface area contributed by atoms with Crippen LogP contribution in [0.4, 0.5) is 0 Å². The largest absolute Gasteiger partial charge is 0.306 e. The van der Waals surface area contributed by atoms with E-state index in [1.165, 1.54) is 24.0 Å². The first kappa shape index (κ1) is 13.1. The van der Waals surface area contributed by atoms with Crippen molar-refractivity contribution in [3.63, 3.8) is 0 Å². The van der Waals surface area contributed by atoms with Crippen LogP contribution in [0, 0.1) is 0 Å². The molecule has 2 atom stereocenters. The predicted molar refractivity (Wildman–Crippen MR) is 76.9 cm³/mol. The molecule has 4 heteroatoms. The molecule has 1 heterocycles. The van der Waals surface area contributed by atoms with Crippen molar-refractivity contribution in [2.75, 3.05) is 11.5 Å². The first-order chi connectivity index (χ1) is 9.14. The minimum Gasteiger partial charge on any atom is -0.306 e. The summed E-state index contributed by atoms with van der Waals surface area (Å²) in [6.07, 6.45) is 5.48. The van der Waals surface area contributed by atoms with Gasteiger partial charge in [-0.2, -0.15) is 0 Å². The smallest absolute Gasteiger partial charge is 0.151 e. The third-order valence-corrected chi connectivity index (χ3v) is 6.06. The zero-order valence-electron chi connectivity index (χ0n) is 11.1. The molecule has 2 unspecified atom stereocenters. The number of hydrogen-bond donors (Lipinski definition) is 1. The predicted octanol–water partition coefficient (Wildman–Crippen LogP) is 2.23. The minimum absolute atomic E-state index is 0.140. The molecule has 19 heavy (non-hydrogen) atoms. The lowest BCUT2D eigenvalue weighted by molar-refractivity contribution is 0.432. The van der Waals surface area contributed by atoms with Crippen molar-refractivity contribution in [1.29, 1.82) is 0 Å². The Morgan fingerprint density at radius 1 is 1.11 bits per heavy atom. The molecule has 0 saturated carbocycles. The van der Waals surface area contributed by atoms with Crippen LogP contribution < -0.4 is 5.32 Å². The Bertz CT molecular complexity index is 553. The highest BCUT2D eigenvalue weighted by Crippen LogP contribution is 2.29. The fourth-order valence-electron chi connectivity index (χ4n) is 3.31. The summed E-state index contributed by atoms with van der Waals surface area (Å²) < 4.78 is 23.1. The van der Waals surface area contributed by atoms with Crippen LogP contribution >= 0.6 is 0 Å². The van der Waals surface area contributed by atoms with Gasteiger partial charge in [-0.25, -0.2) is 8.42 Å². The average Bonchev–Trinajstić information content (AvgIpc) is 2.60. The Morgan fingerprint density at radius 2 is 1.95 bits per heavy atom. The third-order valence-electron chi connectivity index (χ3n) is 4.29. The van der Waals surface area contributed by atoms with E-state index in [0.29, 0.717) is 17.5 Å². The molecule has 0 bridgehead atoms. The van der Waals surface area contributed by atoms with E-state index in [1.54, 1.807) is 0 Å². The van der Waals surface area contributed by atoms with E-state index >= 15 is 0 Å². The number of aryl methyl sites for hydroxylation is 1. The third kappa shape index (κ3) is 3.00. The van der Waals surface area contributed by atoms with Crippen molar-refractivity contribution in [1.82, 2.24) is 5.32 Å². The Hall–Kier alpha value is -0.870. The number of rotatable bonds is 2. The first-order valence-electron chi connectivity index (χ1n) is 7.18. The molecule has 0 radical (unpaired) electrons. The molecule has 104 valence electrons. The van der Waals surface area contributed by atoms with Crippen LogP contribution in [0.15, 0.2) is 24.3 Å². The zero-order chi connectivity index (χ0) is 13.3. The van der Waals surface area contributed by atoms with Gasteiger partial charge in [0.25, 0.3) is 0 Å². The lowest BCUT2D eigenvalue weighted by atomic mass is 9.98. The number of benzene rings is 1. The van der Waals surface area contributed by atoms with Gasteiger partial charge < -0.3 is 5.32 Å². The van der Waals surface area contributed by atoms with E-state index < -0.39 is 9.84 Å². The summed E-state index contributed by atoms with van der Waals surface area (Å²) in [5, 5.41) is 3.59. The summed E-state index contributed by atoms with van der Waals surface area (Å²) in [4.78, 5) is 0. The zero-order valence-corrected chi connectivity index (χ0v) is 12.0. The lowest BCUT2D eigenvalue weighted by Gasteiger charge is -2.23. The molecule has 0 aromatic heterocycles. The molecule has 1 aromatic carbocycles. The van der Waals surface area contributed by atoms with Gasteiger partial charge in [0, 0.05) is 12.1 Å². The van der Waals surface area contributed by atoms with E-state index in [4.69, 9.17) is 0 Å². The van der Waals surface area contributed by atoms with Gasteiger partial charge in [0.1, 0.15) is 0 Å². The van der Waals surface area contributed by atoms with Gasteiger partial charge >= 0.3 is 0 Å². The summed E-state index contributed by atoms with van der Waals surface area (Å²) in [6, 6.07) is 9.06. The molecular weight excluding hydrogens is 258 g/mol. The van der Waals surface area contributed by atoms with E-state index in [1.807, 2.05) is 0 Å². The van der Waals surface area contributed by atoms with Crippen molar-refractivity contribution in [2.45, 2.75) is 44.2 Å². The molecule has 1 aliphatic heterocycles. The molecule has 2 aliphatic rings. The lowest BCUT2D eigenvalue weighted by Crippen LogP contribution is -2.33. The highest BCUT2D eigenvalue weighted by molar-refractivity contribution is 7.91. The van der Waals surface area contributed by atoms with Crippen molar-refractivity contribution in [3.05, 3.63) is 35.4 Å². The van der Waals surface area contributed by atoms with Crippen LogP contribution in [-0.4, -0.2) is 26.0 Å². The van der Waals surface area contributed by atoms with Gasteiger partial charge in [-0.1, -0.05) is 30.7 Å². The normalized spacial score (nSPS) is 29.7. The standard InChI is InChI=1S/C15H21NO2S/c17-19(18)10-9-13(11-19)16-15-8-4-2-6-12-5-1-3-7-14(12)15/h1,3,5,7,13,15-16H,2,4,6,8-11H2. The molecule has 1 aliphatic carbocycles. The van der Waals surface area contributed by atoms with Gasteiger partial charge in [0.15, 0.2) is 9.84 Å². The maximum atomic E-state index is 11.6. The Kier molecular flexibility index (Phi) is 3.63. The molecule has 1 N–H and O–H groups in total. The Labute approximate surface area is 115 Å². The summed E-state index contributed by atoms with van der Waals surface area (Å²) in [5.41, 5.74) is 2.81. The molecular formula is C15H21NO2S. The van der Waals surface area contributed by atoms with E-state index in [-0.39, 0.29) is 6.04 Å². The molecule has 1 saturated heterocycles. The molecule has 0 amide bonds. The van der Waals surface area contributed by atoms with Crippen molar-refractivity contribution in [2.24, 2.45) is 0 Å². The van der Waals surface area contributed by atoms with Gasteiger partial charge in [-0.05, 0) is 36.8 Å². The molecule has 3 nitrogen and oxygen atoms in total. The van der Waals surface area contributed by atoms with Crippen LogP contribution in [0.3, 0.4) is 0 Å². The van der Waals surface area contributed by atoms with Crippen molar-refractivity contribution in [3.8, 4) is 0 Å². The molecule has 0 spiro atoms. The monoisotopic (exact) mass is 279 g/mol. The molecule has 3 rings (SSSR count). The second kappa shape index (κ2) is 5.25. The van der Waals surface area contributed by atoms with Crippen LogP contribution in [0.5, 0.6) is 0 Å². The van der Waals surface area contributed by atoms with E-state index in [2.05, 4.69) is 29.6 Å². The van der Waals surface area contributed by atoms with Crippen LogP contribution in [0.2, 0.25) is 0 Å². The average molecular weight is 279 g/mol. The van der Waals surface area contributed by atoms with Crippen molar-refractivity contribution >= 4 is 9.84 Å². The number of nitrogens with one attached hydrogen (secondary N) is 1. The first-order valence-corrected chi connectivity index (χ1v) is 9.00. The highest BCUT2D eigenvalue weighted by Gasteiger charge is 2.30. The van der Waals surface area contributed by atoms with Crippen LogP contribution in [0.25, 0.3) is 0 Å². The summed E-state index contributed by atoms with van der Waals surface area (Å²) in [7, 11) is -2.80. The van der Waals surface area contributed by atoms with Gasteiger partial charge in [-0.15, -0.1) is 0 Å². The van der Waals surface area contributed by atoms with Crippen molar-refractivity contribution < 1.29 is 8.42 Å². The highest BCUT2D eigenvalue weighted by atomic mass is 32.2. The number of sulfone groups is 1.